The fourth-order valence-corrected chi connectivity index (χ4v) is 6.72. The lowest BCUT2D eigenvalue weighted by molar-refractivity contribution is -0.146. The molecule has 5 unspecified atom stereocenters. The maximum absolute atomic E-state index is 12.8. The van der Waals surface area contributed by atoms with E-state index in [0.29, 0.717) is 11.8 Å². The number of hydrogen-bond donors (Lipinski definition) is 1. The minimum absolute atomic E-state index is 0.00273. The summed E-state index contributed by atoms with van der Waals surface area (Å²) in [6, 6.07) is 6.97. The zero-order valence-corrected chi connectivity index (χ0v) is 18.9. The molecule has 0 bridgehead atoms. The Morgan fingerprint density at radius 3 is 2.66 bits per heavy atom. The fraction of sp³-hybridized carbons (Fsp3) is 0.640. The molecular formula is C25H34N3O4-. The Kier molecular flexibility index (Phi) is 5.68. The van der Waals surface area contributed by atoms with Gasteiger partial charge in [-0.25, -0.2) is 0 Å². The number of allylic oxidation sites excluding steroid dienone is 1. The maximum Gasteiger partial charge on any atom is 0.310 e. The molecule has 7 nitrogen and oxygen atoms in total. The van der Waals surface area contributed by atoms with Gasteiger partial charge in [-0.1, -0.05) is 19.1 Å². The summed E-state index contributed by atoms with van der Waals surface area (Å²) in [5.74, 6) is 0.808. The van der Waals surface area contributed by atoms with Crippen LogP contribution < -0.4 is 10.1 Å². The van der Waals surface area contributed by atoms with Crippen molar-refractivity contribution < 1.29 is 14.7 Å². The molecule has 2 saturated carbocycles. The van der Waals surface area contributed by atoms with Gasteiger partial charge in [-0.05, 0) is 67.7 Å². The molecule has 4 fully saturated rings. The van der Waals surface area contributed by atoms with E-state index in [0.717, 1.165) is 57.7 Å². The molecule has 0 amide bonds. The third-order valence-corrected chi connectivity index (χ3v) is 8.58. The lowest BCUT2D eigenvalue weighted by Crippen LogP contribution is -2.50. The van der Waals surface area contributed by atoms with Crippen molar-refractivity contribution in [1.29, 1.82) is 0 Å². The number of carbonyl (C=O) groups excluding carboxylic acids is 1. The summed E-state index contributed by atoms with van der Waals surface area (Å²) >= 11 is 0. The molecule has 5 rings (SSSR count). The number of ether oxygens (including phenoxy) is 1. The van der Waals surface area contributed by atoms with Crippen LogP contribution in [0.3, 0.4) is 0 Å². The van der Waals surface area contributed by atoms with E-state index in [9.17, 15) is 10.0 Å². The van der Waals surface area contributed by atoms with E-state index in [1.54, 1.807) is 12.1 Å². The van der Waals surface area contributed by atoms with Gasteiger partial charge in [-0.3, -0.25) is 14.9 Å². The lowest BCUT2D eigenvalue weighted by Gasteiger charge is -2.50. The average Bonchev–Trinajstić information content (AvgIpc) is 3.06. The molecule has 5 atom stereocenters. The van der Waals surface area contributed by atoms with Crippen molar-refractivity contribution in [3.05, 3.63) is 41.6 Å². The van der Waals surface area contributed by atoms with Crippen LogP contribution in [0.15, 0.2) is 36.4 Å². The van der Waals surface area contributed by atoms with Gasteiger partial charge in [0.15, 0.2) is 0 Å². The number of benzene rings is 1. The minimum atomic E-state index is -0.119. The Labute approximate surface area is 190 Å². The van der Waals surface area contributed by atoms with E-state index in [-0.39, 0.29) is 34.3 Å². The van der Waals surface area contributed by atoms with Gasteiger partial charge in [0.25, 0.3) is 0 Å². The van der Waals surface area contributed by atoms with E-state index in [1.807, 2.05) is 12.1 Å². The molecule has 0 spiro atoms. The second-order valence-electron chi connectivity index (χ2n) is 10.5. The Bertz CT molecular complexity index is 864. The van der Waals surface area contributed by atoms with Crippen molar-refractivity contribution in [2.45, 2.75) is 45.1 Å². The normalized spacial score (nSPS) is 35.3. The van der Waals surface area contributed by atoms with Crippen LogP contribution in [0.1, 0.15) is 39.0 Å². The molecule has 0 radical (unpaired) electrons. The summed E-state index contributed by atoms with van der Waals surface area (Å²) in [7, 11) is 0. The van der Waals surface area contributed by atoms with E-state index >= 15 is 0 Å². The zero-order valence-electron chi connectivity index (χ0n) is 18.9. The van der Waals surface area contributed by atoms with Gasteiger partial charge in [-0.15, -0.1) is 0 Å². The van der Waals surface area contributed by atoms with Gasteiger partial charge in [-0.2, -0.15) is 0 Å². The predicted molar refractivity (Wildman–Crippen MR) is 123 cm³/mol. The van der Waals surface area contributed by atoms with Crippen LogP contribution in [0, 0.1) is 28.4 Å². The molecule has 174 valence electrons. The van der Waals surface area contributed by atoms with Crippen molar-refractivity contribution in [1.82, 2.24) is 4.90 Å². The van der Waals surface area contributed by atoms with Gasteiger partial charge in [0.05, 0.1) is 11.6 Å². The third-order valence-electron chi connectivity index (χ3n) is 8.58. The van der Waals surface area contributed by atoms with Crippen LogP contribution in [0.4, 0.5) is 11.4 Å². The summed E-state index contributed by atoms with van der Waals surface area (Å²) < 4.78 is 5.93. The first-order valence-electron chi connectivity index (χ1n) is 12.0. The van der Waals surface area contributed by atoms with Crippen LogP contribution in [-0.2, 0) is 9.53 Å². The SMILES string of the molecule is C=C1CCCC2(C)CC3OC(=O)C(CN4CCN(c5ccc(N([O-])O)cc5)CC4)C3CC12. The van der Waals surface area contributed by atoms with E-state index in [2.05, 4.69) is 23.3 Å². The van der Waals surface area contributed by atoms with Crippen molar-refractivity contribution in [3.63, 3.8) is 0 Å². The van der Waals surface area contributed by atoms with Crippen molar-refractivity contribution >= 4 is 17.3 Å². The van der Waals surface area contributed by atoms with Gasteiger partial charge in [0.1, 0.15) is 6.10 Å². The summed E-state index contributed by atoms with van der Waals surface area (Å²) in [4.78, 5) is 17.5. The van der Waals surface area contributed by atoms with Crippen molar-refractivity contribution in [3.8, 4) is 0 Å². The Morgan fingerprint density at radius 1 is 1.25 bits per heavy atom. The number of nitrogens with zero attached hydrogens (tertiary/aromatic N) is 3. The summed E-state index contributed by atoms with van der Waals surface area (Å²) in [6.07, 6.45) is 5.67. The van der Waals surface area contributed by atoms with Crippen LogP contribution in [0.25, 0.3) is 0 Å². The smallest absolute Gasteiger partial charge is 0.310 e. The average molecular weight is 441 g/mol. The van der Waals surface area contributed by atoms with Gasteiger partial charge in [0, 0.05) is 44.3 Å². The summed E-state index contributed by atoms with van der Waals surface area (Å²) in [5.41, 5.74) is 2.89. The molecular weight excluding hydrogens is 406 g/mol. The number of anilines is 2. The van der Waals surface area contributed by atoms with Gasteiger partial charge >= 0.3 is 5.97 Å². The van der Waals surface area contributed by atoms with E-state index in [4.69, 9.17) is 9.94 Å². The van der Waals surface area contributed by atoms with E-state index in [1.165, 1.54) is 18.4 Å². The highest BCUT2D eigenvalue weighted by molar-refractivity contribution is 5.75. The Hall–Kier alpha value is -2.09. The molecule has 0 aromatic heterocycles. The fourth-order valence-electron chi connectivity index (χ4n) is 6.72. The Balaban J connectivity index is 1.20. The monoisotopic (exact) mass is 440 g/mol. The quantitative estimate of drug-likeness (QED) is 0.433. The number of esters is 1. The molecule has 2 aliphatic heterocycles. The Morgan fingerprint density at radius 2 is 1.97 bits per heavy atom. The number of carbonyl (C=O) groups is 1. The van der Waals surface area contributed by atoms with Crippen molar-refractivity contribution in [2.75, 3.05) is 42.9 Å². The van der Waals surface area contributed by atoms with Crippen LogP contribution in [0.2, 0.25) is 0 Å². The number of fused-ring (bicyclic) bond motifs is 2. The molecule has 1 aromatic rings. The molecule has 4 aliphatic rings. The first kappa shape index (κ1) is 21.7. The molecule has 32 heavy (non-hydrogen) atoms. The first-order chi connectivity index (χ1) is 15.3. The highest BCUT2D eigenvalue weighted by Crippen LogP contribution is 2.56. The second kappa shape index (κ2) is 8.36. The van der Waals surface area contributed by atoms with Crippen LogP contribution >= 0.6 is 0 Å². The van der Waals surface area contributed by atoms with Gasteiger partial charge in [0.2, 0.25) is 0 Å². The molecule has 7 heteroatoms. The van der Waals surface area contributed by atoms with Gasteiger partial charge < -0.3 is 20.1 Å². The highest BCUT2D eigenvalue weighted by atomic mass is 16.8. The van der Waals surface area contributed by atoms with Crippen LogP contribution in [-0.4, -0.2) is 54.9 Å². The highest BCUT2D eigenvalue weighted by Gasteiger charge is 2.55. The number of hydrogen-bond acceptors (Lipinski definition) is 7. The molecule has 1 aromatic carbocycles. The molecule has 2 heterocycles. The third kappa shape index (κ3) is 3.91. The number of rotatable bonds is 4. The topological polar surface area (TPSA) is 79.3 Å². The number of piperazine rings is 1. The van der Waals surface area contributed by atoms with Crippen molar-refractivity contribution in [2.24, 2.45) is 23.2 Å². The first-order valence-corrected chi connectivity index (χ1v) is 12.0. The molecule has 1 N–H and O–H groups in total. The van der Waals surface area contributed by atoms with Crippen LogP contribution in [0.5, 0.6) is 0 Å². The summed E-state index contributed by atoms with van der Waals surface area (Å²) in [5, 5.41) is 19.9. The van der Waals surface area contributed by atoms with E-state index < -0.39 is 0 Å². The lowest BCUT2D eigenvalue weighted by atomic mass is 9.55. The second-order valence-corrected chi connectivity index (χ2v) is 10.5. The zero-order chi connectivity index (χ0) is 22.5. The standard InChI is InChI=1S/C25H34N3O4/c1-17-4-3-9-25(2)15-23-20(14-22(17)25)21(24(29)32-23)16-26-10-12-27(13-11-26)18-5-7-19(8-6-18)28(30)31/h5-8,20-23,30H,1,3-4,9-16H2,2H3/q-1. The molecule has 2 saturated heterocycles. The molecule has 2 aliphatic carbocycles. The minimum Gasteiger partial charge on any atom is -0.733 e. The largest absolute Gasteiger partial charge is 0.733 e. The maximum atomic E-state index is 12.8. The summed E-state index contributed by atoms with van der Waals surface area (Å²) in [6.45, 7) is 11.1. The predicted octanol–water partition coefficient (Wildman–Crippen LogP) is 3.82.